The number of hydrogen-bond acceptors (Lipinski definition) is 7. The van der Waals surface area contributed by atoms with Crippen molar-refractivity contribution in [2.45, 2.75) is 19.3 Å². The van der Waals surface area contributed by atoms with Gasteiger partial charge in [-0.1, -0.05) is 0 Å². The Morgan fingerprint density at radius 1 is 1.25 bits per heavy atom. The maximum atomic E-state index is 5.68. The highest BCUT2D eigenvalue weighted by molar-refractivity contribution is 5.34. The Kier molecular flexibility index (Phi) is 5.24. The average molecular weight is 277 g/mol. The van der Waals surface area contributed by atoms with Gasteiger partial charge in [-0.2, -0.15) is 15.0 Å². The Labute approximate surface area is 117 Å². The molecule has 0 bridgehead atoms. The second-order valence-electron chi connectivity index (χ2n) is 4.27. The Morgan fingerprint density at radius 3 is 2.90 bits per heavy atom. The van der Waals surface area contributed by atoms with Crippen molar-refractivity contribution >= 4 is 11.9 Å². The molecule has 0 radical (unpaired) electrons. The molecule has 0 aromatic carbocycles. The zero-order valence-corrected chi connectivity index (χ0v) is 11.5. The van der Waals surface area contributed by atoms with Gasteiger partial charge >= 0.3 is 0 Å². The fourth-order valence-corrected chi connectivity index (χ4v) is 1.70. The molecule has 0 fully saturated rings. The standard InChI is InChI=1S/C12H19N7O/c1-20-8-4-2-3-5-15-11-16-10(13)17-12(18-11)19-7-6-14-9-19/h6-7,9H,2-5,8H2,1H3,(H3,13,15,16,17,18). The summed E-state index contributed by atoms with van der Waals surface area (Å²) in [5, 5.41) is 3.15. The van der Waals surface area contributed by atoms with Crippen LogP contribution in [0.2, 0.25) is 0 Å². The van der Waals surface area contributed by atoms with E-state index in [1.165, 1.54) is 0 Å². The van der Waals surface area contributed by atoms with E-state index in [0.29, 0.717) is 11.9 Å². The molecule has 2 rings (SSSR count). The van der Waals surface area contributed by atoms with Crippen molar-refractivity contribution in [2.24, 2.45) is 0 Å². The van der Waals surface area contributed by atoms with Crippen LogP contribution in [0.15, 0.2) is 18.7 Å². The van der Waals surface area contributed by atoms with Crippen molar-refractivity contribution in [3.63, 3.8) is 0 Å². The monoisotopic (exact) mass is 277 g/mol. The lowest BCUT2D eigenvalue weighted by Gasteiger charge is -2.07. The van der Waals surface area contributed by atoms with Gasteiger partial charge in [0.05, 0.1) is 0 Å². The molecule has 0 aliphatic rings. The summed E-state index contributed by atoms with van der Waals surface area (Å²) in [4.78, 5) is 16.4. The van der Waals surface area contributed by atoms with Crippen LogP contribution in [0.3, 0.4) is 0 Å². The minimum atomic E-state index is 0.186. The Balaban J connectivity index is 1.88. The third kappa shape index (κ3) is 4.16. The highest BCUT2D eigenvalue weighted by Gasteiger charge is 2.05. The van der Waals surface area contributed by atoms with Crippen molar-refractivity contribution < 1.29 is 4.74 Å². The number of nitrogens with one attached hydrogen (secondary N) is 1. The molecule has 2 aromatic heterocycles. The molecular weight excluding hydrogens is 258 g/mol. The van der Waals surface area contributed by atoms with Gasteiger partial charge in [0.1, 0.15) is 6.33 Å². The first-order chi connectivity index (χ1) is 9.79. The number of nitrogen functional groups attached to an aromatic ring is 1. The number of aromatic nitrogens is 5. The minimum absolute atomic E-state index is 0.186. The topological polar surface area (TPSA) is 104 Å². The normalized spacial score (nSPS) is 10.7. The van der Waals surface area contributed by atoms with Gasteiger partial charge in [-0.3, -0.25) is 4.57 Å². The van der Waals surface area contributed by atoms with E-state index in [-0.39, 0.29) is 5.95 Å². The molecule has 108 valence electrons. The Hall–Kier alpha value is -2.22. The fraction of sp³-hybridized carbons (Fsp3) is 0.500. The average Bonchev–Trinajstić information content (AvgIpc) is 2.96. The van der Waals surface area contributed by atoms with Crippen LogP contribution in [-0.2, 0) is 4.74 Å². The number of imidazole rings is 1. The van der Waals surface area contributed by atoms with Crippen molar-refractivity contribution in [3.05, 3.63) is 18.7 Å². The molecule has 0 unspecified atom stereocenters. The van der Waals surface area contributed by atoms with E-state index in [1.807, 2.05) is 0 Å². The maximum Gasteiger partial charge on any atom is 0.241 e. The largest absolute Gasteiger partial charge is 0.385 e. The summed E-state index contributed by atoms with van der Waals surface area (Å²) in [5.41, 5.74) is 5.68. The lowest BCUT2D eigenvalue weighted by atomic mass is 10.2. The number of unbranched alkanes of at least 4 members (excludes halogenated alkanes) is 2. The second kappa shape index (κ2) is 7.39. The lowest BCUT2D eigenvalue weighted by molar-refractivity contribution is 0.192. The predicted octanol–water partition coefficient (Wildman–Crippen LogP) is 0.868. The summed E-state index contributed by atoms with van der Waals surface area (Å²) < 4.78 is 6.68. The zero-order chi connectivity index (χ0) is 14.2. The minimum Gasteiger partial charge on any atom is -0.385 e. The molecule has 20 heavy (non-hydrogen) atoms. The summed E-state index contributed by atoms with van der Waals surface area (Å²) in [6.07, 6.45) is 8.19. The van der Waals surface area contributed by atoms with Gasteiger partial charge in [-0.15, -0.1) is 0 Å². The van der Waals surface area contributed by atoms with Crippen molar-refractivity contribution in [1.29, 1.82) is 0 Å². The van der Waals surface area contributed by atoms with Crippen LogP contribution in [0.25, 0.3) is 5.95 Å². The molecule has 8 heteroatoms. The Morgan fingerprint density at radius 2 is 2.15 bits per heavy atom. The number of ether oxygens (including phenoxy) is 1. The molecule has 3 N–H and O–H groups in total. The second-order valence-corrected chi connectivity index (χ2v) is 4.27. The summed E-state index contributed by atoms with van der Waals surface area (Å²) in [5.74, 6) is 1.12. The van der Waals surface area contributed by atoms with E-state index in [0.717, 1.165) is 32.4 Å². The first-order valence-corrected chi connectivity index (χ1v) is 6.52. The number of nitrogens with zero attached hydrogens (tertiary/aromatic N) is 5. The van der Waals surface area contributed by atoms with E-state index in [2.05, 4.69) is 25.3 Å². The number of nitrogens with two attached hydrogens (primary N) is 1. The SMILES string of the molecule is COCCCCCNc1nc(N)nc(-n2ccnc2)n1. The molecule has 0 spiro atoms. The van der Waals surface area contributed by atoms with Gasteiger partial charge in [-0.25, -0.2) is 4.98 Å². The van der Waals surface area contributed by atoms with Gasteiger partial charge in [0.15, 0.2) is 0 Å². The number of hydrogen-bond donors (Lipinski definition) is 2. The summed E-state index contributed by atoms with van der Waals surface area (Å²) in [6, 6.07) is 0. The molecule has 0 saturated carbocycles. The van der Waals surface area contributed by atoms with Crippen molar-refractivity contribution in [1.82, 2.24) is 24.5 Å². The number of anilines is 2. The van der Waals surface area contributed by atoms with Gasteiger partial charge < -0.3 is 15.8 Å². The van der Waals surface area contributed by atoms with E-state index >= 15 is 0 Å². The van der Waals surface area contributed by atoms with Crippen LogP contribution in [0.1, 0.15) is 19.3 Å². The summed E-state index contributed by atoms with van der Waals surface area (Å²) in [6.45, 7) is 1.58. The highest BCUT2D eigenvalue weighted by atomic mass is 16.5. The molecule has 0 aliphatic heterocycles. The van der Waals surface area contributed by atoms with Crippen LogP contribution in [0, 0.1) is 0 Å². The smallest absolute Gasteiger partial charge is 0.241 e. The van der Waals surface area contributed by atoms with Gasteiger partial charge in [0.25, 0.3) is 0 Å². The van der Waals surface area contributed by atoms with E-state index in [1.54, 1.807) is 30.4 Å². The van der Waals surface area contributed by atoms with Crippen LogP contribution >= 0.6 is 0 Å². The molecular formula is C12H19N7O. The van der Waals surface area contributed by atoms with Crippen molar-refractivity contribution in [3.8, 4) is 5.95 Å². The third-order valence-electron chi connectivity index (χ3n) is 2.68. The summed E-state index contributed by atoms with van der Waals surface area (Å²) >= 11 is 0. The molecule has 0 saturated heterocycles. The maximum absolute atomic E-state index is 5.68. The molecule has 0 aliphatic carbocycles. The highest BCUT2D eigenvalue weighted by Crippen LogP contribution is 2.07. The summed E-state index contributed by atoms with van der Waals surface area (Å²) in [7, 11) is 1.71. The zero-order valence-electron chi connectivity index (χ0n) is 11.5. The molecule has 0 amide bonds. The first kappa shape index (κ1) is 14.2. The van der Waals surface area contributed by atoms with E-state index < -0.39 is 0 Å². The van der Waals surface area contributed by atoms with Gasteiger partial charge in [0.2, 0.25) is 17.8 Å². The molecule has 2 heterocycles. The first-order valence-electron chi connectivity index (χ1n) is 6.52. The molecule has 8 nitrogen and oxygen atoms in total. The molecule has 2 aromatic rings. The quantitative estimate of drug-likeness (QED) is 0.690. The van der Waals surface area contributed by atoms with Gasteiger partial charge in [-0.05, 0) is 19.3 Å². The van der Waals surface area contributed by atoms with E-state index in [4.69, 9.17) is 10.5 Å². The van der Waals surface area contributed by atoms with Crippen LogP contribution in [0.5, 0.6) is 0 Å². The third-order valence-corrected chi connectivity index (χ3v) is 2.68. The van der Waals surface area contributed by atoms with Crippen molar-refractivity contribution in [2.75, 3.05) is 31.3 Å². The molecule has 0 atom stereocenters. The van der Waals surface area contributed by atoms with Crippen LogP contribution < -0.4 is 11.1 Å². The van der Waals surface area contributed by atoms with Crippen LogP contribution in [-0.4, -0.2) is 44.8 Å². The lowest BCUT2D eigenvalue weighted by Crippen LogP contribution is -2.11. The van der Waals surface area contributed by atoms with E-state index in [9.17, 15) is 0 Å². The number of methoxy groups -OCH3 is 1. The fourth-order valence-electron chi connectivity index (χ4n) is 1.70. The Bertz CT molecular complexity index is 515. The van der Waals surface area contributed by atoms with Crippen LogP contribution in [0.4, 0.5) is 11.9 Å². The van der Waals surface area contributed by atoms with Gasteiger partial charge in [0, 0.05) is 32.7 Å². The number of rotatable bonds is 8. The predicted molar refractivity (Wildman–Crippen MR) is 75.6 cm³/mol.